The number of nitrogens with zero attached hydrogens (tertiary/aromatic N) is 1. The highest BCUT2D eigenvalue weighted by molar-refractivity contribution is 7.87. The monoisotopic (exact) mass is 407 g/mol. The normalized spacial score (nSPS) is 12.5. The molecule has 27 heavy (non-hydrogen) atoms. The second-order valence-electron chi connectivity index (χ2n) is 5.26. The van der Waals surface area contributed by atoms with Crippen molar-refractivity contribution in [2.45, 2.75) is 5.51 Å². The van der Waals surface area contributed by atoms with Crippen LogP contribution in [0.15, 0.2) is 46.0 Å². The van der Waals surface area contributed by atoms with Crippen LogP contribution in [0.3, 0.4) is 0 Å². The van der Waals surface area contributed by atoms with Crippen LogP contribution in [-0.2, 0) is 10.1 Å². The van der Waals surface area contributed by atoms with E-state index in [4.69, 9.17) is 0 Å². The fraction of sp³-hybridized carbons (Fsp3) is 0.0667. The van der Waals surface area contributed by atoms with Gasteiger partial charge in [0.2, 0.25) is 0 Å². The first kappa shape index (κ1) is 18.8. The summed E-state index contributed by atoms with van der Waals surface area (Å²) >= 11 is 0. The Labute approximate surface area is 146 Å². The van der Waals surface area contributed by atoms with Gasteiger partial charge in [-0.2, -0.15) is 21.6 Å². The molecular weight excluding hydrogens is 401 g/mol. The third-order valence-electron chi connectivity index (χ3n) is 3.54. The van der Waals surface area contributed by atoms with E-state index < -0.39 is 53.9 Å². The Morgan fingerprint density at radius 2 is 1.19 bits per heavy atom. The van der Waals surface area contributed by atoms with Gasteiger partial charge in [-0.1, -0.05) is 4.73 Å². The summed E-state index contributed by atoms with van der Waals surface area (Å²) in [6.45, 7) is 0. The van der Waals surface area contributed by atoms with E-state index in [9.17, 15) is 40.0 Å². The van der Waals surface area contributed by atoms with E-state index in [1.807, 2.05) is 0 Å². The lowest BCUT2D eigenvalue weighted by molar-refractivity contribution is -0.0551. The Bertz CT molecular complexity index is 1240. The summed E-state index contributed by atoms with van der Waals surface area (Å²) in [5.41, 5.74) is -9.12. The first-order chi connectivity index (χ1) is 12.4. The van der Waals surface area contributed by atoms with E-state index in [0.717, 1.165) is 36.4 Å². The minimum atomic E-state index is -6.36. The Morgan fingerprint density at radius 3 is 1.56 bits per heavy atom. The number of rotatable bonds is 2. The van der Waals surface area contributed by atoms with Crippen molar-refractivity contribution in [2.75, 3.05) is 0 Å². The molecule has 0 amide bonds. The van der Waals surface area contributed by atoms with Gasteiger partial charge in [0.05, 0.1) is 10.8 Å². The van der Waals surface area contributed by atoms with Gasteiger partial charge in [-0.25, -0.2) is 8.78 Å². The Morgan fingerprint density at radius 1 is 0.778 bits per heavy atom. The van der Waals surface area contributed by atoms with Gasteiger partial charge in [0.25, 0.3) is 11.1 Å². The predicted octanol–water partition coefficient (Wildman–Crippen LogP) is 2.07. The van der Waals surface area contributed by atoms with Crippen LogP contribution < -0.4 is 15.4 Å². The molecule has 0 bridgehead atoms. The summed E-state index contributed by atoms with van der Waals surface area (Å²) in [6, 6.07) is 4.61. The van der Waals surface area contributed by atoms with Crippen molar-refractivity contribution in [1.82, 2.24) is 4.73 Å². The molecule has 0 saturated carbocycles. The summed E-state index contributed by atoms with van der Waals surface area (Å²) < 4.78 is 90.5. The highest BCUT2D eigenvalue weighted by Gasteiger charge is 2.49. The quantitative estimate of drug-likeness (QED) is 0.480. The molecule has 0 saturated heterocycles. The Hall–Kier alpha value is -3.02. The summed E-state index contributed by atoms with van der Waals surface area (Å²) in [7, 11) is -6.36. The van der Waals surface area contributed by atoms with Crippen LogP contribution >= 0.6 is 0 Å². The minimum Gasteiger partial charge on any atom is -0.274 e. The van der Waals surface area contributed by atoms with Gasteiger partial charge in [-0.3, -0.25) is 13.9 Å². The zero-order chi connectivity index (χ0) is 20.1. The van der Waals surface area contributed by atoms with Crippen molar-refractivity contribution in [2.24, 2.45) is 0 Å². The van der Waals surface area contributed by atoms with Crippen molar-refractivity contribution >= 4 is 31.7 Å². The number of fused-ring (bicyclic) bond motifs is 3. The van der Waals surface area contributed by atoms with E-state index >= 15 is 0 Å². The lowest BCUT2D eigenvalue weighted by Gasteiger charge is -2.08. The number of alkyl halides is 3. The maximum absolute atomic E-state index is 13.6. The lowest BCUT2D eigenvalue weighted by Crippen LogP contribution is -2.43. The van der Waals surface area contributed by atoms with E-state index in [2.05, 4.69) is 4.28 Å². The van der Waals surface area contributed by atoms with Crippen LogP contribution in [0, 0.1) is 11.6 Å². The second-order valence-corrected chi connectivity index (χ2v) is 6.78. The maximum atomic E-state index is 13.6. The number of hydrogen-bond acceptors (Lipinski definition) is 5. The van der Waals surface area contributed by atoms with Crippen LogP contribution in [0.2, 0.25) is 0 Å². The van der Waals surface area contributed by atoms with Crippen LogP contribution in [0.5, 0.6) is 0 Å². The number of halogens is 5. The molecule has 142 valence electrons. The first-order valence-electron chi connectivity index (χ1n) is 6.91. The standard InChI is InChI=1S/C15H6F5NO5S/c16-7-1-3-9-11(5-7)12-6-8(17)2-4-10(12)14(23)21(13(9)22)26-27(24,25)15(18,19)20/h1-6H. The zero-order valence-electron chi connectivity index (χ0n) is 12.8. The third kappa shape index (κ3) is 3.12. The number of benzene rings is 2. The van der Waals surface area contributed by atoms with Gasteiger partial charge in [0, 0.05) is 0 Å². The molecule has 0 unspecified atom stereocenters. The molecule has 2 aromatic carbocycles. The van der Waals surface area contributed by atoms with Crippen molar-refractivity contribution in [3.05, 3.63) is 68.7 Å². The Balaban J connectivity index is 2.57. The molecule has 6 nitrogen and oxygen atoms in total. The molecule has 0 radical (unpaired) electrons. The summed E-state index contributed by atoms with van der Waals surface area (Å²) in [5, 5.41) is -1.77. The maximum Gasteiger partial charge on any atom is 0.536 e. The summed E-state index contributed by atoms with van der Waals surface area (Å²) in [4.78, 5) is 24.9. The van der Waals surface area contributed by atoms with Gasteiger partial charge in [0.1, 0.15) is 11.6 Å². The average Bonchev–Trinajstić information content (AvgIpc) is 2.64. The number of hydrogen-bond donors (Lipinski definition) is 0. The summed E-state index contributed by atoms with van der Waals surface area (Å²) in [6.07, 6.45) is 0. The molecule has 1 aromatic heterocycles. The minimum absolute atomic E-state index is 0.321. The van der Waals surface area contributed by atoms with E-state index in [-0.39, 0.29) is 10.8 Å². The van der Waals surface area contributed by atoms with Gasteiger partial charge < -0.3 is 0 Å². The molecule has 1 heterocycles. The van der Waals surface area contributed by atoms with Crippen LogP contribution in [-0.4, -0.2) is 18.7 Å². The lowest BCUT2D eigenvalue weighted by atomic mass is 10.1. The Kier molecular flexibility index (Phi) is 4.18. The molecular formula is C15H6F5NO5S. The van der Waals surface area contributed by atoms with Gasteiger partial charge in [0.15, 0.2) is 0 Å². The molecule has 0 fully saturated rings. The molecule has 0 aliphatic rings. The molecule has 12 heteroatoms. The highest BCUT2D eigenvalue weighted by Crippen LogP contribution is 2.24. The molecule has 0 aliphatic carbocycles. The predicted molar refractivity (Wildman–Crippen MR) is 83.5 cm³/mol. The average molecular weight is 407 g/mol. The fourth-order valence-corrected chi connectivity index (χ4v) is 2.79. The molecule has 0 aliphatic heterocycles. The zero-order valence-corrected chi connectivity index (χ0v) is 13.6. The topological polar surface area (TPSA) is 82.4 Å². The second kappa shape index (κ2) is 6.01. The molecule has 0 N–H and O–H groups in total. The van der Waals surface area contributed by atoms with E-state index in [0.29, 0.717) is 0 Å². The summed E-state index contributed by atoms with van der Waals surface area (Å²) in [5.74, 6) is -1.78. The highest BCUT2D eigenvalue weighted by atomic mass is 32.2. The SMILES string of the molecule is O=c1c2ccc(F)cc2c2cc(F)ccc2c(=O)n1OS(=O)(=O)C(F)(F)F. The molecule has 0 spiro atoms. The van der Waals surface area contributed by atoms with Crippen LogP contribution in [0.1, 0.15) is 0 Å². The van der Waals surface area contributed by atoms with E-state index in [1.54, 1.807) is 0 Å². The van der Waals surface area contributed by atoms with Crippen molar-refractivity contribution in [3.63, 3.8) is 0 Å². The van der Waals surface area contributed by atoms with Crippen molar-refractivity contribution in [3.8, 4) is 0 Å². The molecule has 3 aromatic rings. The smallest absolute Gasteiger partial charge is 0.274 e. The van der Waals surface area contributed by atoms with E-state index in [1.165, 1.54) is 0 Å². The largest absolute Gasteiger partial charge is 0.536 e. The van der Waals surface area contributed by atoms with Gasteiger partial charge >= 0.3 is 15.6 Å². The van der Waals surface area contributed by atoms with Crippen molar-refractivity contribution in [1.29, 1.82) is 0 Å². The third-order valence-corrected chi connectivity index (χ3v) is 4.45. The van der Waals surface area contributed by atoms with Crippen LogP contribution in [0.25, 0.3) is 21.5 Å². The van der Waals surface area contributed by atoms with Crippen LogP contribution in [0.4, 0.5) is 22.0 Å². The number of aromatic nitrogens is 1. The van der Waals surface area contributed by atoms with Gasteiger partial charge in [-0.15, -0.1) is 0 Å². The first-order valence-corrected chi connectivity index (χ1v) is 8.32. The van der Waals surface area contributed by atoms with Crippen molar-refractivity contribution < 1.29 is 34.7 Å². The molecule has 0 atom stereocenters. The van der Waals surface area contributed by atoms with Gasteiger partial charge in [-0.05, 0) is 47.2 Å². The fourth-order valence-electron chi connectivity index (χ4n) is 2.37. The molecule has 3 rings (SSSR count).